The Morgan fingerprint density at radius 2 is 2.11 bits per heavy atom. The first kappa shape index (κ1) is 12.5. The second kappa shape index (κ2) is 5.14. The van der Waals surface area contributed by atoms with Gasteiger partial charge in [-0.05, 0) is 25.1 Å². The number of ether oxygens (including phenoxy) is 1. The molecule has 1 heterocycles. The number of anilines is 1. The highest BCUT2D eigenvalue weighted by atomic mass is 35.5. The van der Waals surface area contributed by atoms with Crippen LogP contribution in [0.15, 0.2) is 18.2 Å². The van der Waals surface area contributed by atoms with Crippen LogP contribution in [0.1, 0.15) is 6.92 Å². The maximum atomic E-state index is 13.7. The lowest BCUT2D eigenvalue weighted by Gasteiger charge is -2.06. The van der Waals surface area contributed by atoms with Crippen LogP contribution < -0.4 is 10.5 Å². The van der Waals surface area contributed by atoms with Gasteiger partial charge in [0.15, 0.2) is 5.82 Å². The molecule has 2 N–H and O–H groups in total. The molecule has 0 fully saturated rings. The average Bonchev–Trinajstić information content (AvgIpc) is 2.28. The molecule has 0 aliphatic carbocycles. The smallest absolute Gasteiger partial charge is 0.321 e. The molecule has 2 rings (SSSR count). The Bertz CT molecular complexity index is 579. The monoisotopic (exact) mass is 268 g/mol. The second-order valence-electron chi connectivity index (χ2n) is 3.36. The van der Waals surface area contributed by atoms with E-state index in [-0.39, 0.29) is 23.3 Å². The third-order valence-corrected chi connectivity index (χ3v) is 2.31. The number of hydrogen-bond acceptors (Lipinski definition) is 5. The molecule has 0 bridgehead atoms. The molecule has 0 aliphatic rings. The SMILES string of the molecule is CCOc1nc(N)nc(-c2ccc(Cl)cc2F)n1. The first-order valence-corrected chi connectivity index (χ1v) is 5.57. The molecule has 0 radical (unpaired) electrons. The summed E-state index contributed by atoms with van der Waals surface area (Å²) >= 11 is 5.67. The molecule has 5 nitrogen and oxygen atoms in total. The molecule has 0 saturated heterocycles. The fourth-order valence-electron chi connectivity index (χ4n) is 1.36. The Morgan fingerprint density at radius 1 is 1.33 bits per heavy atom. The van der Waals surface area contributed by atoms with Gasteiger partial charge in [0.2, 0.25) is 5.95 Å². The Hall–Kier alpha value is -1.95. The zero-order valence-corrected chi connectivity index (χ0v) is 10.3. The van der Waals surface area contributed by atoms with Crippen LogP contribution in [0.2, 0.25) is 5.02 Å². The van der Waals surface area contributed by atoms with E-state index in [1.807, 2.05) is 0 Å². The van der Waals surface area contributed by atoms with Crippen molar-refractivity contribution in [2.24, 2.45) is 0 Å². The van der Waals surface area contributed by atoms with Crippen LogP contribution >= 0.6 is 11.6 Å². The van der Waals surface area contributed by atoms with E-state index in [0.29, 0.717) is 11.6 Å². The first-order chi connectivity index (χ1) is 8.60. The van der Waals surface area contributed by atoms with E-state index in [1.54, 1.807) is 13.0 Å². The van der Waals surface area contributed by atoms with Gasteiger partial charge < -0.3 is 10.5 Å². The van der Waals surface area contributed by atoms with Crippen LogP contribution in [0.5, 0.6) is 6.01 Å². The van der Waals surface area contributed by atoms with Crippen LogP contribution in [0.25, 0.3) is 11.4 Å². The van der Waals surface area contributed by atoms with Gasteiger partial charge in [0.05, 0.1) is 12.2 Å². The Kier molecular flexibility index (Phi) is 3.57. The topological polar surface area (TPSA) is 73.9 Å². The minimum atomic E-state index is -0.532. The van der Waals surface area contributed by atoms with Gasteiger partial charge in [-0.3, -0.25) is 0 Å². The molecule has 0 atom stereocenters. The van der Waals surface area contributed by atoms with E-state index in [2.05, 4.69) is 15.0 Å². The highest BCUT2D eigenvalue weighted by molar-refractivity contribution is 6.30. The molecule has 0 saturated carbocycles. The van der Waals surface area contributed by atoms with Crippen LogP contribution in [0.4, 0.5) is 10.3 Å². The van der Waals surface area contributed by atoms with E-state index in [4.69, 9.17) is 22.1 Å². The molecule has 1 aromatic heterocycles. The van der Waals surface area contributed by atoms with Crippen molar-refractivity contribution >= 4 is 17.5 Å². The molecule has 18 heavy (non-hydrogen) atoms. The van der Waals surface area contributed by atoms with Crippen molar-refractivity contribution in [3.8, 4) is 17.4 Å². The van der Waals surface area contributed by atoms with E-state index in [9.17, 15) is 4.39 Å². The summed E-state index contributed by atoms with van der Waals surface area (Å²) in [5, 5.41) is 0.295. The molecular formula is C11H10ClFN4O. The van der Waals surface area contributed by atoms with Crippen molar-refractivity contribution in [3.05, 3.63) is 29.0 Å². The Morgan fingerprint density at radius 3 is 2.78 bits per heavy atom. The molecule has 0 amide bonds. The van der Waals surface area contributed by atoms with Crippen LogP contribution in [0, 0.1) is 5.82 Å². The zero-order chi connectivity index (χ0) is 13.1. The molecule has 0 unspecified atom stereocenters. The molecule has 7 heteroatoms. The van der Waals surface area contributed by atoms with E-state index >= 15 is 0 Å². The summed E-state index contributed by atoms with van der Waals surface area (Å²) < 4.78 is 18.8. The van der Waals surface area contributed by atoms with Gasteiger partial charge >= 0.3 is 6.01 Å². The van der Waals surface area contributed by atoms with E-state index in [0.717, 1.165) is 0 Å². The summed E-state index contributed by atoms with van der Waals surface area (Å²) in [5.74, 6) is -0.450. The highest BCUT2D eigenvalue weighted by Gasteiger charge is 2.12. The zero-order valence-electron chi connectivity index (χ0n) is 9.52. The highest BCUT2D eigenvalue weighted by Crippen LogP contribution is 2.23. The minimum absolute atomic E-state index is 0.0298. The number of nitrogens with two attached hydrogens (primary N) is 1. The fraction of sp³-hybridized carbons (Fsp3) is 0.182. The normalized spacial score (nSPS) is 10.4. The predicted octanol–water partition coefficient (Wildman–Crippen LogP) is 2.31. The molecular weight excluding hydrogens is 259 g/mol. The van der Waals surface area contributed by atoms with Gasteiger partial charge in [0.1, 0.15) is 5.82 Å². The van der Waals surface area contributed by atoms with Crippen molar-refractivity contribution in [1.82, 2.24) is 15.0 Å². The Labute approximate surface area is 108 Å². The van der Waals surface area contributed by atoms with Gasteiger partial charge in [-0.25, -0.2) is 4.39 Å². The third-order valence-electron chi connectivity index (χ3n) is 2.08. The quantitative estimate of drug-likeness (QED) is 0.925. The van der Waals surface area contributed by atoms with Gasteiger partial charge in [-0.1, -0.05) is 11.6 Å². The van der Waals surface area contributed by atoms with Gasteiger partial charge in [0, 0.05) is 5.02 Å². The van der Waals surface area contributed by atoms with Gasteiger partial charge in [0.25, 0.3) is 0 Å². The van der Waals surface area contributed by atoms with Crippen LogP contribution in [0.3, 0.4) is 0 Å². The summed E-state index contributed by atoms with van der Waals surface area (Å²) in [4.78, 5) is 11.6. The maximum Gasteiger partial charge on any atom is 0.321 e. The number of rotatable bonds is 3. The number of benzene rings is 1. The summed E-state index contributed by atoms with van der Waals surface area (Å²) in [5.41, 5.74) is 5.71. The molecule has 1 aromatic carbocycles. The summed E-state index contributed by atoms with van der Waals surface area (Å²) in [6.45, 7) is 2.16. The number of nitrogens with zero attached hydrogens (tertiary/aromatic N) is 3. The number of aromatic nitrogens is 3. The lowest BCUT2D eigenvalue weighted by molar-refractivity contribution is 0.312. The molecule has 0 spiro atoms. The van der Waals surface area contributed by atoms with Gasteiger partial charge in [-0.15, -0.1) is 0 Å². The minimum Gasteiger partial charge on any atom is -0.464 e. The number of halogens is 2. The largest absolute Gasteiger partial charge is 0.464 e. The summed E-state index contributed by atoms with van der Waals surface area (Å²) in [6.07, 6.45) is 0. The average molecular weight is 269 g/mol. The molecule has 0 aliphatic heterocycles. The summed E-state index contributed by atoms with van der Waals surface area (Å²) in [6, 6.07) is 4.26. The fourth-order valence-corrected chi connectivity index (χ4v) is 1.52. The molecule has 2 aromatic rings. The lowest BCUT2D eigenvalue weighted by atomic mass is 10.2. The van der Waals surface area contributed by atoms with Crippen molar-refractivity contribution in [3.63, 3.8) is 0 Å². The number of hydrogen-bond donors (Lipinski definition) is 1. The van der Waals surface area contributed by atoms with Crippen molar-refractivity contribution in [2.75, 3.05) is 12.3 Å². The lowest BCUT2D eigenvalue weighted by Crippen LogP contribution is -2.05. The standard InChI is InChI=1S/C11H10ClFN4O/c1-2-18-11-16-9(15-10(14)17-11)7-4-3-6(12)5-8(7)13/h3-5H,2H2,1H3,(H2,14,15,16,17). The third kappa shape index (κ3) is 2.65. The van der Waals surface area contributed by atoms with Crippen molar-refractivity contribution < 1.29 is 9.13 Å². The first-order valence-electron chi connectivity index (χ1n) is 5.20. The summed E-state index contributed by atoms with van der Waals surface area (Å²) in [7, 11) is 0. The van der Waals surface area contributed by atoms with Crippen LogP contribution in [-0.4, -0.2) is 21.6 Å². The van der Waals surface area contributed by atoms with Crippen LogP contribution in [-0.2, 0) is 0 Å². The van der Waals surface area contributed by atoms with Gasteiger partial charge in [-0.2, -0.15) is 15.0 Å². The number of nitrogen functional groups attached to an aromatic ring is 1. The maximum absolute atomic E-state index is 13.7. The predicted molar refractivity (Wildman–Crippen MR) is 65.8 cm³/mol. The van der Waals surface area contributed by atoms with E-state index < -0.39 is 5.82 Å². The second-order valence-corrected chi connectivity index (χ2v) is 3.79. The van der Waals surface area contributed by atoms with Crippen molar-refractivity contribution in [2.45, 2.75) is 6.92 Å². The van der Waals surface area contributed by atoms with Crippen molar-refractivity contribution in [1.29, 1.82) is 0 Å². The Balaban J connectivity index is 2.49. The van der Waals surface area contributed by atoms with E-state index in [1.165, 1.54) is 12.1 Å². The molecule has 94 valence electrons.